The van der Waals surface area contributed by atoms with Crippen LogP contribution in [0.15, 0.2) is 54.6 Å². The van der Waals surface area contributed by atoms with Gasteiger partial charge in [0, 0.05) is 24.3 Å². The number of rotatable bonds is 4. The molecule has 2 N–H and O–H groups in total. The molecule has 3 heterocycles. The van der Waals surface area contributed by atoms with Crippen molar-refractivity contribution < 1.29 is 34.1 Å². The minimum Gasteiger partial charge on any atom is -0.456 e. The molecule has 2 saturated heterocycles. The molecule has 8 nitrogen and oxygen atoms in total. The first-order valence-corrected chi connectivity index (χ1v) is 16.6. The first-order valence-electron chi connectivity index (χ1n) is 16.6. The number of aliphatic hydroxyl groups excluding tert-OH is 1. The molecule has 3 aliphatic heterocycles. The molecule has 0 aromatic heterocycles. The van der Waals surface area contributed by atoms with Crippen molar-refractivity contribution in [2.45, 2.75) is 116 Å². The van der Waals surface area contributed by atoms with Crippen molar-refractivity contribution in [3.63, 3.8) is 0 Å². The van der Waals surface area contributed by atoms with Crippen LogP contribution in [0.25, 0.3) is 0 Å². The van der Waals surface area contributed by atoms with Gasteiger partial charge in [0.15, 0.2) is 0 Å². The van der Waals surface area contributed by atoms with E-state index in [-0.39, 0.29) is 18.4 Å². The van der Waals surface area contributed by atoms with Gasteiger partial charge in [-0.3, -0.25) is 9.59 Å². The van der Waals surface area contributed by atoms with Crippen LogP contribution in [-0.2, 0) is 30.3 Å². The number of esters is 1. The molecular formula is C36H51NO7. The van der Waals surface area contributed by atoms with Crippen LogP contribution in [0.1, 0.15) is 84.6 Å². The van der Waals surface area contributed by atoms with Crippen LogP contribution < -0.4 is 0 Å². The van der Waals surface area contributed by atoms with E-state index in [1.165, 1.54) is 4.90 Å². The first kappa shape index (κ1) is 34.1. The van der Waals surface area contributed by atoms with E-state index in [4.69, 9.17) is 9.47 Å². The second kappa shape index (κ2) is 15.5. The van der Waals surface area contributed by atoms with Gasteiger partial charge in [0.2, 0.25) is 5.78 Å². The Bertz CT molecular complexity index is 1180. The summed E-state index contributed by atoms with van der Waals surface area (Å²) in [6.07, 6.45) is 11.3. The van der Waals surface area contributed by atoms with Gasteiger partial charge >= 0.3 is 11.8 Å². The Labute approximate surface area is 262 Å². The molecule has 44 heavy (non-hydrogen) atoms. The van der Waals surface area contributed by atoms with Gasteiger partial charge in [0.25, 0.3) is 5.91 Å². The van der Waals surface area contributed by atoms with Gasteiger partial charge in [-0.25, -0.2) is 4.79 Å². The summed E-state index contributed by atoms with van der Waals surface area (Å²) in [6, 6.07) is 9.15. The lowest BCUT2D eigenvalue weighted by Gasteiger charge is -2.40. The summed E-state index contributed by atoms with van der Waals surface area (Å²) >= 11 is 0. The number of hydrogen-bond donors (Lipinski definition) is 2. The zero-order valence-electron chi connectivity index (χ0n) is 26.8. The second-order valence-corrected chi connectivity index (χ2v) is 13.1. The third kappa shape index (κ3) is 7.88. The summed E-state index contributed by atoms with van der Waals surface area (Å²) in [5, 5.41) is 23.0. The maximum atomic E-state index is 14.2. The number of carbonyl (C=O) groups is 3. The lowest BCUT2D eigenvalue weighted by Crippen LogP contribution is -2.62. The Kier molecular flexibility index (Phi) is 12.0. The predicted molar refractivity (Wildman–Crippen MR) is 168 cm³/mol. The van der Waals surface area contributed by atoms with Gasteiger partial charge in [-0.15, -0.1) is 0 Å². The predicted octanol–water partition coefficient (Wildman–Crippen LogP) is 5.16. The zero-order chi connectivity index (χ0) is 31.9. The highest BCUT2D eigenvalue weighted by Crippen LogP contribution is 2.35. The molecule has 0 spiro atoms. The number of fused-ring (bicyclic) bond motifs is 3. The average Bonchev–Trinajstić information content (AvgIpc) is 3.15. The Hall–Kier alpha value is -2.81. The van der Waals surface area contributed by atoms with E-state index >= 15 is 0 Å². The van der Waals surface area contributed by atoms with E-state index in [0.29, 0.717) is 44.9 Å². The molecule has 9 atom stereocenters. The normalized spacial score (nSPS) is 36.6. The molecule has 242 valence electrons. The summed E-state index contributed by atoms with van der Waals surface area (Å²) < 4.78 is 12.3. The van der Waals surface area contributed by atoms with Crippen LogP contribution in [0.4, 0.5) is 0 Å². The molecule has 2 fully saturated rings. The highest BCUT2D eigenvalue weighted by Gasteiger charge is 2.55. The number of ketones is 1. The molecular weight excluding hydrogens is 558 g/mol. The Balaban J connectivity index is 1.71. The van der Waals surface area contributed by atoms with Crippen LogP contribution in [0.3, 0.4) is 0 Å². The Morgan fingerprint density at radius 2 is 1.75 bits per heavy atom. The molecule has 0 aliphatic carbocycles. The largest absolute Gasteiger partial charge is 0.456 e. The maximum absolute atomic E-state index is 14.2. The number of ether oxygens (including phenoxy) is 2. The van der Waals surface area contributed by atoms with Crippen molar-refractivity contribution in [3.8, 4) is 0 Å². The van der Waals surface area contributed by atoms with E-state index in [0.717, 1.165) is 18.4 Å². The first-order chi connectivity index (χ1) is 21.1. The number of cyclic esters (lactones) is 1. The average molecular weight is 610 g/mol. The van der Waals surface area contributed by atoms with E-state index < -0.39 is 59.6 Å². The highest BCUT2D eigenvalue weighted by molar-refractivity contribution is 6.09. The molecule has 1 aromatic carbocycles. The van der Waals surface area contributed by atoms with E-state index in [1.807, 2.05) is 56.4 Å². The van der Waals surface area contributed by atoms with Gasteiger partial charge in [-0.1, -0.05) is 76.3 Å². The van der Waals surface area contributed by atoms with Crippen LogP contribution in [0.5, 0.6) is 0 Å². The summed E-state index contributed by atoms with van der Waals surface area (Å²) in [7, 11) is 0. The molecule has 2 bridgehead atoms. The summed E-state index contributed by atoms with van der Waals surface area (Å²) in [6.45, 7) is 7.77. The lowest BCUT2D eigenvalue weighted by atomic mass is 9.85. The van der Waals surface area contributed by atoms with Gasteiger partial charge < -0.3 is 24.6 Å². The van der Waals surface area contributed by atoms with Crippen molar-refractivity contribution in [3.05, 3.63) is 60.2 Å². The molecule has 0 radical (unpaired) electrons. The van der Waals surface area contributed by atoms with Crippen LogP contribution in [-0.4, -0.2) is 69.5 Å². The van der Waals surface area contributed by atoms with Crippen molar-refractivity contribution in [1.82, 2.24) is 4.90 Å². The van der Waals surface area contributed by atoms with E-state index in [2.05, 4.69) is 19.1 Å². The molecule has 8 heteroatoms. The second-order valence-electron chi connectivity index (χ2n) is 13.1. The summed E-state index contributed by atoms with van der Waals surface area (Å²) in [4.78, 5) is 42.9. The smallest absolute Gasteiger partial charge is 0.329 e. The number of allylic oxidation sites excluding steroid dienone is 3. The number of hydrogen-bond acceptors (Lipinski definition) is 7. The lowest BCUT2D eigenvalue weighted by molar-refractivity contribution is -0.237. The molecule has 1 unspecified atom stereocenters. The standard InChI is InChI=1S/C36H51NO7/c1-5-28(23-27-16-10-8-11-17-27)31-19-12-7-6-9-15-24(2)32(38)26(4)30-21-20-25(3)33(39)36(42,44-30)35(41)37-22-14-13-18-29(37)34(40)43-31/h6,8-12,16-17,19,24-26,28-32,38,42H,5,7,13-15,18,20-23H2,1-4H3/b9-6-,19-12-/t24-,25-,26+,28-,29+,30+,31+,32+,36?/m1/s1. The number of piperidine rings is 1. The molecule has 1 amide bonds. The highest BCUT2D eigenvalue weighted by atomic mass is 16.6. The fourth-order valence-corrected chi connectivity index (χ4v) is 6.85. The van der Waals surface area contributed by atoms with Crippen molar-refractivity contribution in [2.24, 2.45) is 23.7 Å². The summed E-state index contributed by atoms with van der Waals surface area (Å²) in [5.74, 6) is -6.05. The fourth-order valence-electron chi connectivity index (χ4n) is 6.85. The van der Waals surface area contributed by atoms with Gasteiger partial charge in [-0.2, -0.15) is 0 Å². The minimum atomic E-state index is -2.74. The quantitative estimate of drug-likeness (QED) is 0.275. The number of aliphatic hydroxyl groups is 2. The van der Waals surface area contributed by atoms with Crippen LogP contribution in [0, 0.1) is 23.7 Å². The van der Waals surface area contributed by atoms with Gasteiger partial charge in [0.05, 0.1) is 12.2 Å². The monoisotopic (exact) mass is 609 g/mol. The van der Waals surface area contributed by atoms with E-state index in [1.54, 1.807) is 6.92 Å². The fraction of sp³-hybridized carbons (Fsp3) is 0.639. The number of benzene rings is 1. The zero-order valence-corrected chi connectivity index (χ0v) is 26.8. The van der Waals surface area contributed by atoms with Crippen LogP contribution >= 0.6 is 0 Å². The number of amides is 1. The SMILES string of the molecule is CC[C@H](Cc1ccccc1)[C@@H]1/C=C\C/C=C\C[C@@H](C)[C@H](O)[C@@H](C)[C@@H]2CC[C@@H](C)C(=O)C(O)(O2)C(=O)N2CCCC[C@H]2C(=O)O1. The molecule has 4 rings (SSSR count). The summed E-state index contributed by atoms with van der Waals surface area (Å²) in [5.41, 5.74) is 1.15. The van der Waals surface area contributed by atoms with E-state index in [9.17, 15) is 24.6 Å². The topological polar surface area (TPSA) is 113 Å². The van der Waals surface area contributed by atoms with Crippen molar-refractivity contribution in [1.29, 1.82) is 0 Å². The Morgan fingerprint density at radius 3 is 2.48 bits per heavy atom. The number of Topliss-reactive ketones (excluding diaryl/α,β-unsaturated/α-hetero) is 1. The van der Waals surface area contributed by atoms with Gasteiger partial charge in [0.1, 0.15) is 12.1 Å². The third-order valence-electron chi connectivity index (χ3n) is 9.88. The van der Waals surface area contributed by atoms with Crippen molar-refractivity contribution in [2.75, 3.05) is 6.54 Å². The van der Waals surface area contributed by atoms with Gasteiger partial charge in [-0.05, 0) is 75.3 Å². The molecule has 1 aromatic rings. The third-order valence-corrected chi connectivity index (χ3v) is 9.88. The number of nitrogens with zero attached hydrogens (tertiary/aromatic N) is 1. The minimum absolute atomic E-state index is 0.00846. The Morgan fingerprint density at radius 1 is 1.00 bits per heavy atom. The number of carbonyl (C=O) groups excluding carboxylic acids is 3. The van der Waals surface area contributed by atoms with Crippen molar-refractivity contribution >= 4 is 17.7 Å². The molecule has 3 aliphatic rings. The van der Waals surface area contributed by atoms with Crippen LogP contribution in [0.2, 0.25) is 0 Å². The molecule has 0 saturated carbocycles. The maximum Gasteiger partial charge on any atom is 0.329 e.